The summed E-state index contributed by atoms with van der Waals surface area (Å²) < 4.78 is 5.95. The van der Waals surface area contributed by atoms with Gasteiger partial charge in [0.25, 0.3) is 5.91 Å². The number of nitrogens with zero attached hydrogens (tertiary/aromatic N) is 4. The number of hydrogen-bond acceptors (Lipinski definition) is 6. The van der Waals surface area contributed by atoms with Crippen molar-refractivity contribution in [3.05, 3.63) is 69.3 Å². The highest BCUT2D eigenvalue weighted by Gasteiger charge is 2.36. The number of benzene rings is 2. The van der Waals surface area contributed by atoms with Crippen LogP contribution in [0.1, 0.15) is 28.4 Å². The Bertz CT molecular complexity index is 1200. The van der Waals surface area contributed by atoms with Crippen molar-refractivity contribution >= 4 is 46.4 Å². The normalized spacial score (nSPS) is 18.1. The van der Waals surface area contributed by atoms with Crippen LogP contribution in [0.5, 0.6) is 5.88 Å². The zero-order chi connectivity index (χ0) is 22.4. The summed E-state index contributed by atoms with van der Waals surface area (Å²) in [6.07, 6.45) is 1.86. The summed E-state index contributed by atoms with van der Waals surface area (Å²) in [6.45, 7) is 3.72. The number of ether oxygens (including phenoxy) is 1. The minimum absolute atomic E-state index is 0.220. The molecule has 1 atom stereocenters. The fourth-order valence-corrected chi connectivity index (χ4v) is 4.66. The average Bonchev–Trinajstić information content (AvgIpc) is 2.75. The lowest BCUT2D eigenvalue weighted by Crippen LogP contribution is -2.46. The molecule has 3 heterocycles. The third-order valence-corrected chi connectivity index (χ3v) is 6.30. The molecule has 2 aliphatic heterocycles. The van der Waals surface area contributed by atoms with Gasteiger partial charge in [-0.2, -0.15) is 4.98 Å². The van der Waals surface area contributed by atoms with Crippen LogP contribution in [0, 0.1) is 0 Å². The summed E-state index contributed by atoms with van der Waals surface area (Å²) in [5.74, 6) is 0.256. The SMILES string of the molecule is CC1Oc2nc(Nc3ccc4c(c3)CN(C)CC4)ncc2C(=O)N1c1c(Cl)cccc1Cl. The molecule has 0 bridgehead atoms. The third-order valence-electron chi connectivity index (χ3n) is 5.69. The van der Waals surface area contributed by atoms with Crippen molar-refractivity contribution in [3.8, 4) is 5.88 Å². The quantitative estimate of drug-likeness (QED) is 0.587. The molecule has 0 fully saturated rings. The van der Waals surface area contributed by atoms with Crippen LogP contribution in [0.25, 0.3) is 0 Å². The first-order chi connectivity index (χ1) is 15.4. The number of hydrogen-bond donors (Lipinski definition) is 1. The molecule has 1 unspecified atom stereocenters. The minimum Gasteiger partial charge on any atom is -0.453 e. The van der Waals surface area contributed by atoms with Crippen LogP contribution in [-0.4, -0.2) is 40.6 Å². The largest absolute Gasteiger partial charge is 0.453 e. The topological polar surface area (TPSA) is 70.6 Å². The van der Waals surface area contributed by atoms with E-state index in [1.807, 2.05) is 6.07 Å². The Morgan fingerprint density at radius 1 is 1.16 bits per heavy atom. The number of rotatable bonds is 3. The molecule has 0 radical (unpaired) electrons. The third kappa shape index (κ3) is 3.77. The van der Waals surface area contributed by atoms with E-state index < -0.39 is 6.23 Å². The lowest BCUT2D eigenvalue weighted by Gasteiger charge is -2.34. The Balaban J connectivity index is 1.42. The van der Waals surface area contributed by atoms with Crippen LogP contribution in [0.2, 0.25) is 10.0 Å². The lowest BCUT2D eigenvalue weighted by atomic mass is 9.99. The maximum Gasteiger partial charge on any atom is 0.268 e. The molecule has 0 saturated carbocycles. The highest BCUT2D eigenvalue weighted by Crippen LogP contribution is 2.39. The number of aromatic nitrogens is 2. The molecule has 9 heteroatoms. The number of likely N-dealkylation sites (N-methyl/N-ethyl adjacent to an activating group) is 1. The fraction of sp³-hybridized carbons (Fsp3) is 0.261. The van der Waals surface area contributed by atoms with E-state index in [0.29, 0.717) is 21.7 Å². The maximum absolute atomic E-state index is 13.2. The highest BCUT2D eigenvalue weighted by atomic mass is 35.5. The average molecular weight is 470 g/mol. The van der Waals surface area contributed by atoms with Crippen molar-refractivity contribution in [2.75, 3.05) is 23.8 Å². The number of para-hydroxylation sites is 1. The van der Waals surface area contributed by atoms with Crippen LogP contribution < -0.4 is 15.0 Å². The second-order valence-electron chi connectivity index (χ2n) is 7.97. The van der Waals surface area contributed by atoms with E-state index in [-0.39, 0.29) is 17.4 Å². The predicted octanol–water partition coefficient (Wildman–Crippen LogP) is 4.90. The number of anilines is 3. The second kappa shape index (κ2) is 8.24. The number of carbonyl (C=O) groups is 1. The molecule has 3 aromatic rings. The van der Waals surface area contributed by atoms with E-state index in [1.54, 1.807) is 25.1 Å². The Morgan fingerprint density at radius 2 is 1.94 bits per heavy atom. The van der Waals surface area contributed by atoms with Crippen LogP contribution >= 0.6 is 23.2 Å². The monoisotopic (exact) mass is 469 g/mol. The van der Waals surface area contributed by atoms with Crippen LogP contribution in [0.3, 0.4) is 0 Å². The molecular weight excluding hydrogens is 449 g/mol. The number of fused-ring (bicyclic) bond motifs is 2. The van der Waals surface area contributed by atoms with Crippen LogP contribution in [0.15, 0.2) is 42.6 Å². The first-order valence-electron chi connectivity index (χ1n) is 10.3. The minimum atomic E-state index is -0.644. The van der Waals surface area contributed by atoms with Crippen LogP contribution in [0.4, 0.5) is 17.3 Å². The van der Waals surface area contributed by atoms with E-state index in [2.05, 4.69) is 39.4 Å². The molecule has 1 amide bonds. The smallest absolute Gasteiger partial charge is 0.268 e. The fourth-order valence-electron chi connectivity index (χ4n) is 4.08. The van der Waals surface area contributed by atoms with Crippen molar-refractivity contribution in [1.82, 2.24) is 14.9 Å². The van der Waals surface area contributed by atoms with Gasteiger partial charge in [-0.15, -0.1) is 0 Å². The van der Waals surface area contributed by atoms with Gasteiger partial charge in [-0.1, -0.05) is 35.3 Å². The molecular formula is C23H21Cl2N5O2. The number of halogens is 2. The molecule has 164 valence electrons. The van der Waals surface area contributed by atoms with Crippen molar-refractivity contribution in [2.45, 2.75) is 26.1 Å². The Kier molecular flexibility index (Phi) is 5.41. The van der Waals surface area contributed by atoms with Crippen molar-refractivity contribution < 1.29 is 9.53 Å². The van der Waals surface area contributed by atoms with E-state index in [9.17, 15) is 4.79 Å². The zero-order valence-electron chi connectivity index (χ0n) is 17.6. The van der Waals surface area contributed by atoms with Crippen molar-refractivity contribution in [1.29, 1.82) is 0 Å². The summed E-state index contributed by atoms with van der Waals surface area (Å²) in [5.41, 5.74) is 4.19. The van der Waals surface area contributed by atoms with Gasteiger partial charge in [0.15, 0.2) is 6.23 Å². The summed E-state index contributed by atoms with van der Waals surface area (Å²) in [6, 6.07) is 11.3. The van der Waals surface area contributed by atoms with Gasteiger partial charge in [-0.3, -0.25) is 9.69 Å². The molecule has 0 saturated heterocycles. The van der Waals surface area contributed by atoms with Gasteiger partial charge in [-0.25, -0.2) is 4.98 Å². The molecule has 2 aromatic carbocycles. The van der Waals surface area contributed by atoms with Gasteiger partial charge < -0.3 is 15.0 Å². The molecule has 0 spiro atoms. The number of carbonyl (C=O) groups excluding carboxylic acids is 1. The Morgan fingerprint density at radius 3 is 2.72 bits per heavy atom. The van der Waals surface area contributed by atoms with Gasteiger partial charge in [0.05, 0.1) is 15.7 Å². The molecule has 0 aliphatic carbocycles. The highest BCUT2D eigenvalue weighted by molar-refractivity contribution is 6.40. The Labute approximate surface area is 195 Å². The van der Waals surface area contributed by atoms with Gasteiger partial charge in [0.2, 0.25) is 11.8 Å². The van der Waals surface area contributed by atoms with Gasteiger partial charge in [-0.05, 0) is 55.8 Å². The van der Waals surface area contributed by atoms with Crippen molar-refractivity contribution in [2.24, 2.45) is 0 Å². The second-order valence-corrected chi connectivity index (χ2v) is 8.79. The summed E-state index contributed by atoms with van der Waals surface area (Å²) in [7, 11) is 2.12. The first-order valence-corrected chi connectivity index (χ1v) is 11.0. The Hall–Kier alpha value is -2.87. The molecule has 1 N–H and O–H groups in total. The van der Waals surface area contributed by atoms with E-state index >= 15 is 0 Å². The standard InChI is InChI=1S/C23H21Cl2N5O2/c1-13-30(20-18(24)4-3-5-19(20)25)22(31)17-11-26-23(28-21(17)32-13)27-16-7-6-14-8-9-29(2)12-15(14)10-16/h3-7,10-11,13H,8-9,12H2,1-2H3,(H,26,27,28). The van der Waals surface area contributed by atoms with Crippen LogP contribution in [-0.2, 0) is 13.0 Å². The molecule has 5 rings (SSSR count). The van der Waals surface area contributed by atoms with Gasteiger partial charge in [0.1, 0.15) is 5.56 Å². The van der Waals surface area contributed by atoms with E-state index in [1.165, 1.54) is 22.2 Å². The molecule has 32 heavy (non-hydrogen) atoms. The van der Waals surface area contributed by atoms with E-state index in [0.717, 1.165) is 25.2 Å². The lowest BCUT2D eigenvalue weighted by molar-refractivity contribution is 0.0867. The first kappa shape index (κ1) is 21.0. The molecule has 2 aliphatic rings. The summed E-state index contributed by atoms with van der Waals surface area (Å²) in [5, 5.41) is 3.95. The number of nitrogens with one attached hydrogen (secondary N) is 1. The van der Waals surface area contributed by atoms with Gasteiger partial charge >= 0.3 is 0 Å². The number of amides is 1. The van der Waals surface area contributed by atoms with E-state index in [4.69, 9.17) is 27.9 Å². The van der Waals surface area contributed by atoms with Crippen molar-refractivity contribution in [3.63, 3.8) is 0 Å². The zero-order valence-corrected chi connectivity index (χ0v) is 19.1. The molecule has 1 aromatic heterocycles. The van der Waals surface area contributed by atoms with Gasteiger partial charge in [0, 0.05) is 25.0 Å². The summed E-state index contributed by atoms with van der Waals surface area (Å²) in [4.78, 5) is 25.7. The molecule has 7 nitrogen and oxygen atoms in total. The predicted molar refractivity (Wildman–Crippen MR) is 125 cm³/mol. The summed E-state index contributed by atoms with van der Waals surface area (Å²) >= 11 is 12.6. The maximum atomic E-state index is 13.2.